The summed E-state index contributed by atoms with van der Waals surface area (Å²) in [6.45, 7) is 0.346. The van der Waals surface area contributed by atoms with Crippen molar-refractivity contribution < 1.29 is 18.9 Å². The molecule has 7 nitrogen and oxygen atoms in total. The summed E-state index contributed by atoms with van der Waals surface area (Å²) in [6, 6.07) is 7.65. The summed E-state index contributed by atoms with van der Waals surface area (Å²) in [6.07, 6.45) is 1.40. The second-order valence-electron chi connectivity index (χ2n) is 3.92. The maximum Gasteiger partial charge on any atom is 0.374 e. The minimum Gasteiger partial charge on any atom is -0.463 e. The molecule has 0 bridgehead atoms. The number of methoxy groups -OCH3 is 1. The first kappa shape index (κ1) is 13.6. The minimum atomic E-state index is -0.546. The third-order valence-electron chi connectivity index (χ3n) is 2.68. The van der Waals surface area contributed by atoms with E-state index in [1.807, 2.05) is 0 Å². The van der Waals surface area contributed by atoms with Crippen LogP contribution in [-0.4, -0.2) is 18.0 Å². The molecule has 0 fully saturated rings. The summed E-state index contributed by atoms with van der Waals surface area (Å²) >= 11 is 0. The lowest BCUT2D eigenvalue weighted by atomic mass is 10.2. The SMILES string of the molecule is COC(=O)c1occc1CNc1ccc([N+](=O)[O-])cc1. The smallest absolute Gasteiger partial charge is 0.374 e. The Kier molecular flexibility index (Phi) is 3.99. The second kappa shape index (κ2) is 5.87. The molecule has 1 heterocycles. The fourth-order valence-corrected chi connectivity index (χ4v) is 1.64. The van der Waals surface area contributed by atoms with E-state index in [1.165, 1.54) is 25.5 Å². The molecule has 0 saturated heterocycles. The number of nitro benzene ring substituents is 1. The van der Waals surface area contributed by atoms with E-state index in [4.69, 9.17) is 4.42 Å². The average molecular weight is 276 g/mol. The number of nitrogens with zero attached hydrogens (tertiary/aromatic N) is 1. The van der Waals surface area contributed by atoms with E-state index < -0.39 is 10.9 Å². The van der Waals surface area contributed by atoms with Crippen LogP contribution in [0.5, 0.6) is 0 Å². The third kappa shape index (κ3) is 2.94. The van der Waals surface area contributed by atoms with Gasteiger partial charge in [0.25, 0.3) is 5.69 Å². The van der Waals surface area contributed by atoms with E-state index in [2.05, 4.69) is 10.1 Å². The number of anilines is 1. The molecule has 0 aliphatic rings. The highest BCUT2D eigenvalue weighted by atomic mass is 16.6. The van der Waals surface area contributed by atoms with Crippen molar-refractivity contribution in [3.05, 3.63) is 58.0 Å². The molecule has 1 aromatic carbocycles. The topological polar surface area (TPSA) is 94.6 Å². The fraction of sp³-hybridized carbons (Fsp3) is 0.154. The molecule has 0 atom stereocenters. The van der Waals surface area contributed by atoms with Crippen molar-refractivity contribution in [2.45, 2.75) is 6.54 Å². The van der Waals surface area contributed by atoms with E-state index >= 15 is 0 Å². The van der Waals surface area contributed by atoms with Gasteiger partial charge in [-0.3, -0.25) is 10.1 Å². The molecule has 0 amide bonds. The van der Waals surface area contributed by atoms with Gasteiger partial charge in [-0.15, -0.1) is 0 Å². The van der Waals surface area contributed by atoms with Crippen LogP contribution in [0.2, 0.25) is 0 Å². The standard InChI is InChI=1S/C13H12N2O5/c1-19-13(16)12-9(6-7-20-12)8-14-10-2-4-11(5-3-10)15(17)18/h2-7,14H,8H2,1H3. The fourth-order valence-electron chi connectivity index (χ4n) is 1.64. The Morgan fingerprint density at radius 3 is 2.65 bits per heavy atom. The van der Waals surface area contributed by atoms with Gasteiger partial charge in [0.05, 0.1) is 18.3 Å². The van der Waals surface area contributed by atoms with E-state index in [-0.39, 0.29) is 11.4 Å². The third-order valence-corrected chi connectivity index (χ3v) is 2.68. The number of nitro groups is 1. The lowest BCUT2D eigenvalue weighted by Gasteiger charge is -2.05. The van der Waals surface area contributed by atoms with Gasteiger partial charge in [-0.05, 0) is 18.2 Å². The molecule has 1 aromatic heterocycles. The summed E-state index contributed by atoms with van der Waals surface area (Å²) in [4.78, 5) is 21.5. The number of non-ortho nitro benzene ring substituents is 1. The Morgan fingerprint density at radius 2 is 2.05 bits per heavy atom. The quantitative estimate of drug-likeness (QED) is 0.512. The molecule has 0 aliphatic carbocycles. The van der Waals surface area contributed by atoms with Crippen LogP contribution in [0.3, 0.4) is 0 Å². The Hall–Kier alpha value is -2.83. The van der Waals surface area contributed by atoms with E-state index in [0.717, 1.165) is 0 Å². The first-order valence-corrected chi connectivity index (χ1v) is 5.75. The van der Waals surface area contributed by atoms with Gasteiger partial charge in [-0.1, -0.05) is 0 Å². The van der Waals surface area contributed by atoms with Crippen molar-refractivity contribution in [2.24, 2.45) is 0 Å². The highest BCUT2D eigenvalue weighted by Crippen LogP contribution is 2.18. The van der Waals surface area contributed by atoms with Gasteiger partial charge in [0.1, 0.15) is 0 Å². The van der Waals surface area contributed by atoms with Crippen molar-refractivity contribution >= 4 is 17.3 Å². The number of carbonyl (C=O) groups excluding carboxylic acids is 1. The highest BCUT2D eigenvalue weighted by molar-refractivity contribution is 5.87. The van der Waals surface area contributed by atoms with Gasteiger partial charge < -0.3 is 14.5 Å². The predicted molar refractivity (Wildman–Crippen MR) is 70.5 cm³/mol. The van der Waals surface area contributed by atoms with Crippen LogP contribution in [0.4, 0.5) is 11.4 Å². The van der Waals surface area contributed by atoms with Crippen LogP contribution in [0.25, 0.3) is 0 Å². The van der Waals surface area contributed by atoms with E-state index in [1.54, 1.807) is 18.2 Å². The molecular weight excluding hydrogens is 264 g/mol. The molecule has 0 unspecified atom stereocenters. The maximum atomic E-state index is 11.4. The first-order valence-electron chi connectivity index (χ1n) is 5.75. The summed E-state index contributed by atoms with van der Waals surface area (Å²) in [7, 11) is 1.28. The molecule has 0 radical (unpaired) electrons. The Bertz CT molecular complexity index is 618. The Morgan fingerprint density at radius 1 is 1.35 bits per heavy atom. The van der Waals surface area contributed by atoms with Gasteiger partial charge >= 0.3 is 5.97 Å². The van der Waals surface area contributed by atoms with Gasteiger partial charge in [-0.25, -0.2) is 4.79 Å². The minimum absolute atomic E-state index is 0.0223. The molecule has 7 heteroatoms. The first-order chi connectivity index (χ1) is 9.61. The van der Waals surface area contributed by atoms with E-state index in [9.17, 15) is 14.9 Å². The number of ether oxygens (including phenoxy) is 1. The van der Waals surface area contributed by atoms with Gasteiger partial charge in [0, 0.05) is 29.9 Å². The Balaban J connectivity index is 2.04. The summed E-state index contributed by atoms with van der Waals surface area (Å²) in [5, 5.41) is 13.6. The normalized spacial score (nSPS) is 10.1. The number of hydrogen-bond donors (Lipinski definition) is 1. The van der Waals surface area contributed by atoms with Crippen molar-refractivity contribution in [3.8, 4) is 0 Å². The van der Waals surface area contributed by atoms with Crippen molar-refractivity contribution in [3.63, 3.8) is 0 Å². The van der Waals surface area contributed by atoms with Crippen molar-refractivity contribution in [1.82, 2.24) is 0 Å². The molecule has 0 saturated carbocycles. The van der Waals surface area contributed by atoms with E-state index in [0.29, 0.717) is 17.8 Å². The number of nitrogens with one attached hydrogen (secondary N) is 1. The average Bonchev–Trinajstić information content (AvgIpc) is 2.93. The van der Waals surface area contributed by atoms with Gasteiger partial charge in [0.2, 0.25) is 5.76 Å². The molecule has 104 valence electrons. The van der Waals surface area contributed by atoms with Crippen LogP contribution in [0.1, 0.15) is 16.1 Å². The zero-order valence-corrected chi connectivity index (χ0v) is 10.7. The number of furan rings is 1. The number of carbonyl (C=O) groups is 1. The lowest BCUT2D eigenvalue weighted by Crippen LogP contribution is -2.06. The summed E-state index contributed by atoms with van der Waals surface area (Å²) in [5.41, 5.74) is 1.37. The number of hydrogen-bond acceptors (Lipinski definition) is 6. The zero-order valence-electron chi connectivity index (χ0n) is 10.7. The number of rotatable bonds is 5. The van der Waals surface area contributed by atoms with Crippen molar-refractivity contribution in [2.75, 3.05) is 12.4 Å². The lowest BCUT2D eigenvalue weighted by molar-refractivity contribution is -0.384. The van der Waals surface area contributed by atoms with Crippen LogP contribution in [0, 0.1) is 10.1 Å². The molecule has 20 heavy (non-hydrogen) atoms. The molecule has 0 aliphatic heterocycles. The largest absolute Gasteiger partial charge is 0.463 e. The van der Waals surface area contributed by atoms with Gasteiger partial charge in [0.15, 0.2) is 0 Å². The molecule has 2 rings (SSSR count). The van der Waals surface area contributed by atoms with Crippen LogP contribution in [-0.2, 0) is 11.3 Å². The molecular formula is C13H12N2O5. The van der Waals surface area contributed by atoms with Crippen molar-refractivity contribution in [1.29, 1.82) is 0 Å². The summed E-state index contributed by atoms with van der Waals surface area (Å²) < 4.78 is 9.65. The van der Waals surface area contributed by atoms with Gasteiger partial charge in [-0.2, -0.15) is 0 Å². The predicted octanol–water partition coefficient (Wildman–Crippen LogP) is 2.59. The van der Waals surface area contributed by atoms with Crippen LogP contribution < -0.4 is 5.32 Å². The molecule has 1 N–H and O–H groups in total. The second-order valence-corrected chi connectivity index (χ2v) is 3.92. The maximum absolute atomic E-state index is 11.4. The Labute approximate surface area is 114 Å². The number of esters is 1. The molecule has 2 aromatic rings. The van der Waals surface area contributed by atoms with Crippen LogP contribution in [0.15, 0.2) is 41.0 Å². The van der Waals surface area contributed by atoms with Crippen LogP contribution >= 0.6 is 0 Å². The number of benzene rings is 1. The zero-order chi connectivity index (χ0) is 14.5. The highest BCUT2D eigenvalue weighted by Gasteiger charge is 2.15. The molecule has 0 spiro atoms. The monoisotopic (exact) mass is 276 g/mol. The summed E-state index contributed by atoms with van der Waals surface area (Å²) in [5.74, 6) is -0.405.